The fourth-order valence-electron chi connectivity index (χ4n) is 2.27. The van der Waals surface area contributed by atoms with Crippen LogP contribution < -0.4 is 5.32 Å². The first-order chi connectivity index (χ1) is 8.61. The van der Waals surface area contributed by atoms with Crippen LogP contribution in [0.4, 0.5) is 0 Å². The summed E-state index contributed by atoms with van der Waals surface area (Å²) in [6.45, 7) is 1.69. The van der Waals surface area contributed by atoms with Crippen LogP contribution in [0, 0.1) is 5.92 Å². The van der Waals surface area contributed by atoms with Gasteiger partial charge in [-0.15, -0.1) is 0 Å². The second-order valence-electron chi connectivity index (χ2n) is 4.76. The van der Waals surface area contributed by atoms with Gasteiger partial charge in [0.1, 0.15) is 0 Å². The van der Waals surface area contributed by atoms with Crippen LogP contribution in [-0.4, -0.2) is 53.9 Å². The van der Waals surface area contributed by atoms with Crippen LogP contribution in [0.5, 0.6) is 0 Å². The van der Waals surface area contributed by atoms with Gasteiger partial charge in [0, 0.05) is 38.4 Å². The molecule has 1 fully saturated rings. The molecule has 1 aromatic heterocycles. The van der Waals surface area contributed by atoms with Gasteiger partial charge in [-0.3, -0.25) is 9.48 Å². The van der Waals surface area contributed by atoms with Gasteiger partial charge in [0.25, 0.3) is 0 Å². The SMILES string of the molecule is CNC1COCC1C(=O)N(C)Cc1cnn(C)c1. The number of amides is 1. The van der Waals surface area contributed by atoms with Crippen molar-refractivity contribution in [2.24, 2.45) is 13.0 Å². The number of rotatable bonds is 4. The van der Waals surface area contributed by atoms with Crippen LogP contribution in [0.3, 0.4) is 0 Å². The van der Waals surface area contributed by atoms with Gasteiger partial charge in [-0.1, -0.05) is 0 Å². The maximum atomic E-state index is 12.3. The number of ether oxygens (including phenoxy) is 1. The highest BCUT2D eigenvalue weighted by molar-refractivity contribution is 5.79. The molecule has 2 rings (SSSR count). The van der Waals surface area contributed by atoms with Gasteiger partial charge in [-0.25, -0.2) is 0 Å². The largest absolute Gasteiger partial charge is 0.379 e. The first-order valence-corrected chi connectivity index (χ1v) is 6.09. The van der Waals surface area contributed by atoms with E-state index in [0.29, 0.717) is 19.8 Å². The maximum Gasteiger partial charge on any atom is 0.229 e. The van der Waals surface area contributed by atoms with E-state index in [1.165, 1.54) is 0 Å². The first kappa shape index (κ1) is 13.0. The molecule has 18 heavy (non-hydrogen) atoms. The van der Waals surface area contributed by atoms with Crippen molar-refractivity contribution in [1.82, 2.24) is 20.0 Å². The Morgan fingerprint density at radius 2 is 2.44 bits per heavy atom. The van der Waals surface area contributed by atoms with Gasteiger partial charge >= 0.3 is 0 Å². The summed E-state index contributed by atoms with van der Waals surface area (Å²) in [4.78, 5) is 14.0. The van der Waals surface area contributed by atoms with Crippen molar-refractivity contribution in [3.05, 3.63) is 18.0 Å². The fraction of sp³-hybridized carbons (Fsp3) is 0.667. The number of aryl methyl sites for hydroxylation is 1. The molecule has 1 amide bonds. The molecule has 1 aliphatic rings. The Morgan fingerprint density at radius 3 is 3.06 bits per heavy atom. The Balaban J connectivity index is 1.96. The molecule has 0 aromatic carbocycles. The van der Waals surface area contributed by atoms with Crippen molar-refractivity contribution < 1.29 is 9.53 Å². The van der Waals surface area contributed by atoms with Gasteiger partial charge in [-0.2, -0.15) is 5.10 Å². The summed E-state index contributed by atoms with van der Waals surface area (Å²) in [6.07, 6.45) is 3.70. The van der Waals surface area contributed by atoms with Crippen molar-refractivity contribution in [3.63, 3.8) is 0 Å². The van der Waals surface area contributed by atoms with Crippen molar-refractivity contribution in [2.45, 2.75) is 12.6 Å². The Labute approximate surface area is 107 Å². The first-order valence-electron chi connectivity index (χ1n) is 6.09. The lowest BCUT2D eigenvalue weighted by molar-refractivity contribution is -0.135. The lowest BCUT2D eigenvalue weighted by Gasteiger charge is -2.23. The van der Waals surface area contributed by atoms with Gasteiger partial charge in [-0.05, 0) is 7.05 Å². The van der Waals surface area contributed by atoms with Gasteiger partial charge in [0.2, 0.25) is 5.91 Å². The number of carbonyl (C=O) groups excluding carboxylic acids is 1. The molecule has 0 saturated carbocycles. The molecule has 2 unspecified atom stereocenters. The number of hydrogen-bond acceptors (Lipinski definition) is 4. The van der Waals surface area contributed by atoms with E-state index in [4.69, 9.17) is 4.74 Å². The van der Waals surface area contributed by atoms with Gasteiger partial charge in [0.15, 0.2) is 0 Å². The highest BCUT2D eigenvalue weighted by Crippen LogP contribution is 2.17. The van der Waals surface area contributed by atoms with Crippen molar-refractivity contribution in [1.29, 1.82) is 0 Å². The number of hydrogen-bond donors (Lipinski definition) is 1. The van der Waals surface area contributed by atoms with E-state index in [-0.39, 0.29) is 17.9 Å². The molecule has 100 valence electrons. The predicted octanol–water partition coefficient (Wildman–Crippen LogP) is -0.387. The Morgan fingerprint density at radius 1 is 1.67 bits per heavy atom. The topological polar surface area (TPSA) is 59.4 Å². The van der Waals surface area contributed by atoms with Gasteiger partial charge in [0.05, 0.1) is 25.3 Å². The van der Waals surface area contributed by atoms with Crippen LogP contribution in [0.25, 0.3) is 0 Å². The summed E-state index contributed by atoms with van der Waals surface area (Å²) in [6, 6.07) is 0.119. The lowest BCUT2D eigenvalue weighted by Crippen LogP contribution is -2.43. The second kappa shape index (κ2) is 5.49. The standard InChI is InChI=1S/C12H20N4O2/c1-13-11-8-18-7-10(11)12(17)15(2)5-9-4-14-16(3)6-9/h4,6,10-11,13H,5,7-8H2,1-3H3. The minimum Gasteiger partial charge on any atom is -0.379 e. The third-order valence-corrected chi connectivity index (χ3v) is 3.32. The molecule has 0 radical (unpaired) electrons. The highest BCUT2D eigenvalue weighted by Gasteiger charge is 2.34. The highest BCUT2D eigenvalue weighted by atomic mass is 16.5. The molecule has 6 nitrogen and oxygen atoms in total. The van der Waals surface area contributed by atoms with E-state index < -0.39 is 0 Å². The summed E-state index contributed by atoms with van der Waals surface area (Å²) in [7, 11) is 5.55. The molecule has 1 aromatic rings. The Kier molecular flexibility index (Phi) is 3.98. The molecule has 2 heterocycles. The normalized spacial score (nSPS) is 23.3. The van der Waals surface area contributed by atoms with Crippen LogP contribution in [0.15, 0.2) is 12.4 Å². The van der Waals surface area contributed by atoms with E-state index >= 15 is 0 Å². The number of nitrogens with one attached hydrogen (secondary N) is 1. The van der Waals surface area contributed by atoms with Crippen molar-refractivity contribution in [3.8, 4) is 0 Å². The number of aromatic nitrogens is 2. The zero-order chi connectivity index (χ0) is 13.1. The van der Waals surface area contributed by atoms with E-state index in [9.17, 15) is 4.79 Å². The molecule has 0 bridgehead atoms. The molecule has 1 N–H and O–H groups in total. The molecule has 0 aliphatic carbocycles. The summed E-state index contributed by atoms with van der Waals surface area (Å²) >= 11 is 0. The number of likely N-dealkylation sites (N-methyl/N-ethyl adjacent to an activating group) is 1. The van der Waals surface area contributed by atoms with E-state index in [0.717, 1.165) is 5.56 Å². The third-order valence-electron chi connectivity index (χ3n) is 3.32. The molecule has 1 saturated heterocycles. The summed E-state index contributed by atoms with van der Waals surface area (Å²) in [5.74, 6) is 0.0346. The monoisotopic (exact) mass is 252 g/mol. The molecule has 2 atom stereocenters. The van der Waals surface area contributed by atoms with E-state index in [1.807, 2.05) is 27.3 Å². The summed E-state index contributed by atoms with van der Waals surface area (Å²) in [5, 5.41) is 7.23. The minimum atomic E-state index is -0.0864. The van der Waals surface area contributed by atoms with Crippen molar-refractivity contribution in [2.75, 3.05) is 27.3 Å². The van der Waals surface area contributed by atoms with Gasteiger partial charge < -0.3 is 15.0 Å². The number of carbonyl (C=O) groups is 1. The average molecular weight is 252 g/mol. The maximum absolute atomic E-state index is 12.3. The van der Waals surface area contributed by atoms with Crippen LogP contribution in [0.1, 0.15) is 5.56 Å². The van der Waals surface area contributed by atoms with Crippen LogP contribution >= 0.6 is 0 Å². The molecular weight excluding hydrogens is 232 g/mol. The molecular formula is C12H20N4O2. The van der Waals surface area contributed by atoms with E-state index in [1.54, 1.807) is 15.8 Å². The van der Waals surface area contributed by atoms with E-state index in [2.05, 4.69) is 10.4 Å². The van der Waals surface area contributed by atoms with Crippen molar-refractivity contribution >= 4 is 5.91 Å². The Bertz CT molecular complexity index is 418. The van der Waals surface area contributed by atoms with Crippen LogP contribution in [-0.2, 0) is 23.1 Å². The minimum absolute atomic E-state index is 0.0864. The smallest absolute Gasteiger partial charge is 0.229 e. The zero-order valence-electron chi connectivity index (χ0n) is 11.1. The number of nitrogens with zero attached hydrogens (tertiary/aromatic N) is 3. The average Bonchev–Trinajstić information content (AvgIpc) is 2.96. The summed E-state index contributed by atoms with van der Waals surface area (Å²) < 4.78 is 7.10. The lowest BCUT2D eigenvalue weighted by atomic mass is 10.0. The zero-order valence-corrected chi connectivity index (χ0v) is 11.1. The quantitative estimate of drug-likeness (QED) is 0.793. The fourth-order valence-corrected chi connectivity index (χ4v) is 2.27. The summed E-state index contributed by atoms with van der Waals surface area (Å²) in [5.41, 5.74) is 1.04. The van der Waals surface area contributed by atoms with Crippen LogP contribution in [0.2, 0.25) is 0 Å². The predicted molar refractivity (Wildman–Crippen MR) is 66.8 cm³/mol. The second-order valence-corrected chi connectivity index (χ2v) is 4.76. The molecule has 0 spiro atoms. The Hall–Kier alpha value is -1.40. The molecule has 6 heteroatoms. The third kappa shape index (κ3) is 2.70. The molecule has 1 aliphatic heterocycles.